The molecule has 1 aromatic rings. The number of nitro groups is 2. The third-order valence-electron chi connectivity index (χ3n) is 2.07. The lowest BCUT2D eigenvalue weighted by atomic mass is 10.1. The Kier molecular flexibility index (Phi) is 4.51. The lowest BCUT2D eigenvalue weighted by molar-refractivity contribution is -0.396. The molecule has 0 atom stereocenters. The predicted octanol–water partition coefficient (Wildman–Crippen LogP) is 0.0725. The van der Waals surface area contributed by atoms with Gasteiger partial charge in [0, 0.05) is 12.1 Å². The van der Waals surface area contributed by atoms with Gasteiger partial charge in [-0.25, -0.2) is 4.79 Å². The van der Waals surface area contributed by atoms with Crippen molar-refractivity contribution in [2.45, 2.75) is 6.61 Å². The lowest BCUT2D eigenvalue weighted by Crippen LogP contribution is -2.40. The van der Waals surface area contributed by atoms with E-state index in [4.69, 9.17) is 0 Å². The number of amides is 2. The van der Waals surface area contributed by atoms with Gasteiger partial charge in [0.2, 0.25) is 0 Å². The lowest BCUT2D eigenvalue weighted by Gasteiger charge is -2.07. The first-order valence-corrected chi connectivity index (χ1v) is 4.88. The molecule has 0 heterocycles. The molecule has 0 fully saturated rings. The molecule has 0 aliphatic heterocycles. The summed E-state index contributed by atoms with van der Waals surface area (Å²) in [6.45, 7) is -0.841. The summed E-state index contributed by atoms with van der Waals surface area (Å²) >= 11 is 0. The minimum atomic E-state index is -1.94. The molecule has 0 spiro atoms. The Labute approximate surface area is 110 Å². The number of nitrogens with zero attached hydrogens (tertiary/aromatic N) is 2. The maximum atomic E-state index is 10.9. The summed E-state index contributed by atoms with van der Waals surface area (Å²) in [4.78, 5) is 40.6. The molecule has 0 aliphatic rings. The van der Waals surface area contributed by atoms with Crippen LogP contribution in [0, 0.1) is 20.2 Å². The third kappa shape index (κ3) is 3.63. The second-order valence-electron chi connectivity index (χ2n) is 3.28. The number of rotatable bonds is 4. The first kappa shape index (κ1) is 14.8. The molecule has 0 radical (unpaired) electrons. The third-order valence-corrected chi connectivity index (χ3v) is 2.07. The van der Waals surface area contributed by atoms with Gasteiger partial charge in [0.15, 0.2) is 0 Å². The molecule has 1 aromatic carbocycles. The fourth-order valence-electron chi connectivity index (χ4n) is 1.31. The number of carboxylic acid groups (broad SMARTS) is 1. The van der Waals surface area contributed by atoms with Crippen LogP contribution < -0.4 is 10.4 Å². The highest BCUT2D eigenvalue weighted by Crippen LogP contribution is 2.28. The number of hydrogen-bond acceptors (Lipinski definition) is 8. The minimum Gasteiger partial charge on any atom is -0.530 e. The Morgan fingerprint density at radius 2 is 1.65 bits per heavy atom. The average Bonchev–Trinajstić information content (AvgIpc) is 2.34. The number of nitrogens with one attached hydrogen (secondary N) is 1. The SMILES string of the molecule is O=C([O-])NC(=O)OCc1c([N+](=O)[O-])cccc1[N+](=O)[O-]. The van der Waals surface area contributed by atoms with Gasteiger partial charge in [-0.3, -0.25) is 25.5 Å². The van der Waals surface area contributed by atoms with Gasteiger partial charge in [0.1, 0.15) is 18.3 Å². The van der Waals surface area contributed by atoms with Crippen molar-refractivity contribution in [2.75, 3.05) is 0 Å². The Morgan fingerprint density at radius 1 is 1.15 bits per heavy atom. The summed E-state index contributed by atoms with van der Waals surface area (Å²) in [5.74, 6) is 0. The molecule has 0 saturated heterocycles. The summed E-state index contributed by atoms with van der Waals surface area (Å²) in [5, 5.41) is 32.7. The Hall–Kier alpha value is -3.24. The molecule has 106 valence electrons. The first-order chi connectivity index (χ1) is 9.32. The zero-order valence-electron chi connectivity index (χ0n) is 9.60. The van der Waals surface area contributed by atoms with Gasteiger partial charge in [0.05, 0.1) is 9.85 Å². The number of carbonyl (C=O) groups excluding carboxylic acids is 2. The fourth-order valence-corrected chi connectivity index (χ4v) is 1.31. The Balaban J connectivity index is 3.02. The van der Waals surface area contributed by atoms with Crippen molar-refractivity contribution < 1.29 is 29.3 Å². The van der Waals surface area contributed by atoms with Crippen LogP contribution in [-0.2, 0) is 11.3 Å². The van der Waals surface area contributed by atoms with Crippen molar-refractivity contribution in [1.82, 2.24) is 5.32 Å². The van der Waals surface area contributed by atoms with Crippen LogP contribution in [0.1, 0.15) is 5.56 Å². The number of benzene rings is 1. The van der Waals surface area contributed by atoms with E-state index in [2.05, 4.69) is 4.74 Å². The van der Waals surface area contributed by atoms with Gasteiger partial charge in [-0.1, -0.05) is 0 Å². The molecule has 0 saturated carbocycles. The number of ether oxygens (including phenoxy) is 1. The summed E-state index contributed by atoms with van der Waals surface area (Å²) < 4.78 is 4.34. The molecule has 1 N–H and O–H groups in total. The Morgan fingerprint density at radius 3 is 2.05 bits per heavy atom. The molecule has 0 unspecified atom stereocenters. The molecular weight excluding hydrogens is 278 g/mol. The van der Waals surface area contributed by atoms with E-state index < -0.39 is 45.6 Å². The summed E-state index contributed by atoms with van der Waals surface area (Å²) in [7, 11) is 0. The molecule has 0 aromatic heterocycles. The van der Waals surface area contributed by atoms with E-state index in [9.17, 15) is 34.9 Å². The van der Waals surface area contributed by atoms with Gasteiger partial charge < -0.3 is 14.6 Å². The zero-order valence-corrected chi connectivity index (χ0v) is 9.60. The van der Waals surface area contributed by atoms with Crippen LogP contribution in [0.5, 0.6) is 0 Å². The topological polar surface area (TPSA) is 165 Å². The predicted molar refractivity (Wildman–Crippen MR) is 58.5 cm³/mol. The number of alkyl carbamates (subject to hydrolysis) is 1. The van der Waals surface area contributed by atoms with Crippen LogP contribution >= 0.6 is 0 Å². The van der Waals surface area contributed by atoms with Gasteiger partial charge in [-0.15, -0.1) is 0 Å². The smallest absolute Gasteiger partial charge is 0.412 e. The summed E-state index contributed by atoms with van der Waals surface area (Å²) in [5.41, 5.74) is -1.71. The molecule has 2 amide bonds. The van der Waals surface area contributed by atoms with E-state index in [1.54, 1.807) is 0 Å². The van der Waals surface area contributed by atoms with Crippen LogP contribution in [0.25, 0.3) is 0 Å². The first-order valence-electron chi connectivity index (χ1n) is 4.88. The molecular formula is C9H6N3O8-. The van der Waals surface area contributed by atoms with Crippen molar-refractivity contribution in [3.05, 3.63) is 44.0 Å². The number of nitro benzene ring substituents is 2. The number of imide groups is 1. The van der Waals surface area contributed by atoms with Crippen molar-refractivity contribution in [2.24, 2.45) is 0 Å². The van der Waals surface area contributed by atoms with E-state index in [1.807, 2.05) is 0 Å². The molecule has 11 nitrogen and oxygen atoms in total. The highest BCUT2D eigenvalue weighted by atomic mass is 16.6. The fraction of sp³-hybridized carbons (Fsp3) is 0.111. The van der Waals surface area contributed by atoms with Crippen LogP contribution in [0.3, 0.4) is 0 Å². The van der Waals surface area contributed by atoms with E-state index >= 15 is 0 Å². The van der Waals surface area contributed by atoms with Gasteiger partial charge in [-0.05, 0) is 6.07 Å². The van der Waals surface area contributed by atoms with Crippen LogP contribution in [0.4, 0.5) is 21.0 Å². The quantitative estimate of drug-likeness (QED) is 0.599. The van der Waals surface area contributed by atoms with Crippen molar-refractivity contribution in [3.8, 4) is 0 Å². The molecule has 0 aliphatic carbocycles. The Bertz CT molecular complexity index is 552. The van der Waals surface area contributed by atoms with Crippen molar-refractivity contribution in [1.29, 1.82) is 0 Å². The minimum absolute atomic E-state index is 0.462. The normalized spacial score (nSPS) is 9.60. The van der Waals surface area contributed by atoms with Crippen molar-refractivity contribution >= 4 is 23.6 Å². The standard InChI is InChI=1S/C9H7N3O8/c13-8(14)10-9(15)20-4-5-6(11(16)17)2-1-3-7(5)12(18)19/h1-3H,4H2,(H,10,15)(H,13,14)/p-1. The van der Waals surface area contributed by atoms with E-state index in [1.165, 1.54) is 5.32 Å². The zero-order chi connectivity index (χ0) is 15.3. The summed E-state index contributed by atoms with van der Waals surface area (Å²) in [6.07, 6.45) is -3.40. The second-order valence-corrected chi connectivity index (χ2v) is 3.28. The van der Waals surface area contributed by atoms with Gasteiger partial charge >= 0.3 is 6.09 Å². The van der Waals surface area contributed by atoms with Gasteiger partial charge in [0.25, 0.3) is 11.4 Å². The molecule has 0 bridgehead atoms. The molecule has 20 heavy (non-hydrogen) atoms. The van der Waals surface area contributed by atoms with E-state index in [-0.39, 0.29) is 0 Å². The van der Waals surface area contributed by atoms with E-state index in [0.29, 0.717) is 0 Å². The highest BCUT2D eigenvalue weighted by Gasteiger charge is 2.25. The van der Waals surface area contributed by atoms with Gasteiger partial charge in [-0.2, -0.15) is 0 Å². The van der Waals surface area contributed by atoms with Crippen LogP contribution in [0.15, 0.2) is 18.2 Å². The maximum Gasteiger partial charge on any atom is 0.412 e. The summed E-state index contributed by atoms with van der Waals surface area (Å²) in [6, 6.07) is 3.08. The van der Waals surface area contributed by atoms with Crippen molar-refractivity contribution in [3.63, 3.8) is 0 Å². The highest BCUT2D eigenvalue weighted by molar-refractivity contribution is 5.85. The monoisotopic (exact) mass is 284 g/mol. The van der Waals surface area contributed by atoms with Crippen LogP contribution in [0.2, 0.25) is 0 Å². The molecule has 1 rings (SSSR count). The van der Waals surface area contributed by atoms with Crippen LogP contribution in [-0.4, -0.2) is 22.0 Å². The largest absolute Gasteiger partial charge is 0.530 e. The second kappa shape index (κ2) is 6.08. The molecule has 11 heteroatoms. The average molecular weight is 284 g/mol. The number of hydrogen-bond donors (Lipinski definition) is 1. The maximum absolute atomic E-state index is 10.9. The van der Waals surface area contributed by atoms with E-state index in [0.717, 1.165) is 18.2 Å². The number of carbonyl (C=O) groups is 2.